The van der Waals surface area contributed by atoms with E-state index < -0.39 is 11.8 Å². The molecule has 1 aliphatic rings. The summed E-state index contributed by atoms with van der Waals surface area (Å²) < 4.78 is 17.3. The van der Waals surface area contributed by atoms with Crippen molar-refractivity contribution in [2.24, 2.45) is 5.92 Å². The lowest BCUT2D eigenvalue weighted by molar-refractivity contribution is -0.121. The zero-order chi connectivity index (χ0) is 16.9. The third-order valence-electron chi connectivity index (χ3n) is 3.80. The van der Waals surface area contributed by atoms with Gasteiger partial charge in [0.05, 0.1) is 17.8 Å². The van der Waals surface area contributed by atoms with Gasteiger partial charge in [0.1, 0.15) is 10.8 Å². The fraction of sp³-hybridized carbons (Fsp3) is 0.333. The van der Waals surface area contributed by atoms with E-state index in [2.05, 4.69) is 20.2 Å². The van der Waals surface area contributed by atoms with Gasteiger partial charge in [0, 0.05) is 24.6 Å². The molecule has 1 aromatic carbocycles. The van der Waals surface area contributed by atoms with Crippen LogP contribution in [0.4, 0.5) is 19.9 Å². The minimum Gasteiger partial charge on any atom is -0.324 e. The van der Waals surface area contributed by atoms with Crippen LogP contribution < -0.4 is 10.6 Å². The van der Waals surface area contributed by atoms with Crippen molar-refractivity contribution in [3.05, 3.63) is 36.3 Å². The average Bonchev–Trinajstić information content (AvgIpc) is 3.10. The zero-order valence-electron chi connectivity index (χ0n) is 12.7. The number of carbonyl (C=O) groups excluding carboxylic acids is 2. The molecule has 9 heteroatoms. The van der Waals surface area contributed by atoms with Crippen molar-refractivity contribution in [2.75, 3.05) is 23.7 Å². The second-order valence-electron chi connectivity index (χ2n) is 5.47. The standard InChI is InChI=1S/C15H16FN5O2S/c16-11-5-1-2-6-12(11)18-15(23)21-7-3-4-10(9-21)14(22)19-13-8-17-20-24-13/h1-2,5-6,8,10H,3-4,7,9H2,(H,18,23)(H,19,22). The van der Waals surface area contributed by atoms with Gasteiger partial charge in [0.2, 0.25) is 5.91 Å². The number of carbonyl (C=O) groups is 2. The van der Waals surface area contributed by atoms with E-state index in [0.717, 1.165) is 11.5 Å². The van der Waals surface area contributed by atoms with Gasteiger partial charge in [-0.3, -0.25) is 4.79 Å². The second kappa shape index (κ2) is 7.35. The Balaban J connectivity index is 1.59. The molecule has 1 aromatic heterocycles. The van der Waals surface area contributed by atoms with Gasteiger partial charge in [-0.1, -0.05) is 16.6 Å². The molecule has 1 saturated heterocycles. The first-order chi connectivity index (χ1) is 11.6. The molecule has 0 spiro atoms. The fourth-order valence-electron chi connectivity index (χ4n) is 2.58. The molecular formula is C15H16FN5O2S. The summed E-state index contributed by atoms with van der Waals surface area (Å²) in [5.74, 6) is -0.966. The van der Waals surface area contributed by atoms with Gasteiger partial charge in [-0.2, -0.15) is 0 Å². The molecule has 126 valence electrons. The van der Waals surface area contributed by atoms with E-state index in [9.17, 15) is 14.0 Å². The Morgan fingerprint density at radius 2 is 2.12 bits per heavy atom. The van der Waals surface area contributed by atoms with E-state index in [4.69, 9.17) is 0 Å². The van der Waals surface area contributed by atoms with Crippen molar-refractivity contribution in [3.63, 3.8) is 0 Å². The molecule has 24 heavy (non-hydrogen) atoms. The average molecular weight is 349 g/mol. The number of hydrogen-bond donors (Lipinski definition) is 2. The Labute approximate surface area is 142 Å². The quantitative estimate of drug-likeness (QED) is 0.891. The van der Waals surface area contributed by atoms with Gasteiger partial charge < -0.3 is 15.5 Å². The third-order valence-corrected chi connectivity index (χ3v) is 4.38. The van der Waals surface area contributed by atoms with E-state index in [0.29, 0.717) is 30.9 Å². The van der Waals surface area contributed by atoms with E-state index in [1.807, 2.05) is 0 Å². The van der Waals surface area contributed by atoms with Crippen LogP contribution in [0, 0.1) is 11.7 Å². The molecule has 0 bridgehead atoms. The number of para-hydroxylation sites is 1. The SMILES string of the molecule is O=C(Nc1cnns1)C1CCCN(C(=O)Nc2ccccc2F)C1. The first-order valence-corrected chi connectivity index (χ1v) is 8.29. The van der Waals surface area contributed by atoms with Crippen LogP contribution in [0.1, 0.15) is 12.8 Å². The number of piperidine rings is 1. The summed E-state index contributed by atoms with van der Waals surface area (Å²) in [4.78, 5) is 26.1. The van der Waals surface area contributed by atoms with Crippen molar-refractivity contribution in [2.45, 2.75) is 12.8 Å². The lowest BCUT2D eigenvalue weighted by Gasteiger charge is -2.31. The second-order valence-corrected chi connectivity index (χ2v) is 6.25. The van der Waals surface area contributed by atoms with Crippen LogP contribution in [-0.2, 0) is 4.79 Å². The van der Waals surface area contributed by atoms with Crippen LogP contribution in [0.15, 0.2) is 30.5 Å². The molecule has 2 N–H and O–H groups in total. The molecule has 0 aliphatic carbocycles. The number of hydrogen-bond acceptors (Lipinski definition) is 5. The van der Waals surface area contributed by atoms with Gasteiger partial charge in [0.15, 0.2) is 0 Å². The number of amides is 3. The van der Waals surface area contributed by atoms with Gasteiger partial charge in [-0.15, -0.1) is 5.10 Å². The van der Waals surface area contributed by atoms with Crippen LogP contribution in [0.2, 0.25) is 0 Å². The number of aromatic nitrogens is 2. The topological polar surface area (TPSA) is 87.2 Å². The van der Waals surface area contributed by atoms with E-state index in [1.165, 1.54) is 23.2 Å². The van der Waals surface area contributed by atoms with Crippen molar-refractivity contribution in [1.82, 2.24) is 14.5 Å². The normalized spacial score (nSPS) is 17.4. The fourth-order valence-corrected chi connectivity index (χ4v) is 3.00. The number of likely N-dealkylation sites (tertiary alicyclic amines) is 1. The van der Waals surface area contributed by atoms with E-state index in [1.54, 1.807) is 12.1 Å². The summed E-state index contributed by atoms with van der Waals surface area (Å²) >= 11 is 1.10. The molecule has 1 unspecified atom stereocenters. The van der Waals surface area contributed by atoms with Gasteiger partial charge in [0.25, 0.3) is 0 Å². The van der Waals surface area contributed by atoms with Crippen molar-refractivity contribution in [1.29, 1.82) is 0 Å². The Morgan fingerprint density at radius 3 is 2.88 bits per heavy atom. The molecule has 2 heterocycles. The third kappa shape index (κ3) is 3.85. The maximum absolute atomic E-state index is 13.6. The Morgan fingerprint density at radius 1 is 1.29 bits per heavy atom. The highest BCUT2D eigenvalue weighted by Crippen LogP contribution is 2.21. The highest BCUT2D eigenvalue weighted by molar-refractivity contribution is 7.10. The number of nitrogens with zero attached hydrogens (tertiary/aromatic N) is 3. The molecule has 0 radical (unpaired) electrons. The number of urea groups is 1. The molecule has 1 aliphatic heterocycles. The van der Waals surface area contributed by atoms with Gasteiger partial charge >= 0.3 is 6.03 Å². The summed E-state index contributed by atoms with van der Waals surface area (Å²) in [6.45, 7) is 0.824. The Hall–Kier alpha value is -2.55. The van der Waals surface area contributed by atoms with Gasteiger partial charge in [-0.05, 0) is 25.0 Å². The first-order valence-electron chi connectivity index (χ1n) is 7.52. The maximum atomic E-state index is 13.6. The predicted molar refractivity (Wildman–Crippen MR) is 88.3 cm³/mol. The summed E-state index contributed by atoms with van der Waals surface area (Å²) in [6.07, 6.45) is 2.89. The number of nitrogens with one attached hydrogen (secondary N) is 2. The van der Waals surface area contributed by atoms with E-state index in [-0.39, 0.29) is 17.5 Å². The highest BCUT2D eigenvalue weighted by atomic mass is 32.1. The van der Waals surface area contributed by atoms with Crippen LogP contribution in [-0.4, -0.2) is 39.5 Å². The van der Waals surface area contributed by atoms with Crippen LogP contribution >= 0.6 is 11.5 Å². The predicted octanol–water partition coefficient (Wildman–Crippen LogP) is 2.56. The smallest absolute Gasteiger partial charge is 0.321 e. The van der Waals surface area contributed by atoms with Crippen LogP contribution in [0.25, 0.3) is 0 Å². The van der Waals surface area contributed by atoms with Gasteiger partial charge in [-0.25, -0.2) is 9.18 Å². The Bertz CT molecular complexity index is 724. The largest absolute Gasteiger partial charge is 0.324 e. The van der Waals surface area contributed by atoms with E-state index >= 15 is 0 Å². The van der Waals surface area contributed by atoms with Crippen molar-refractivity contribution >= 4 is 34.2 Å². The van der Waals surface area contributed by atoms with Crippen LogP contribution in [0.5, 0.6) is 0 Å². The van der Waals surface area contributed by atoms with Crippen LogP contribution in [0.3, 0.4) is 0 Å². The summed E-state index contributed by atoms with van der Waals surface area (Å²) in [5, 5.41) is 9.53. The number of halogens is 1. The minimum absolute atomic E-state index is 0.129. The number of anilines is 2. The molecule has 3 rings (SSSR count). The summed E-state index contributed by atoms with van der Waals surface area (Å²) in [5.41, 5.74) is 0.129. The highest BCUT2D eigenvalue weighted by Gasteiger charge is 2.29. The first kappa shape index (κ1) is 16.3. The lowest BCUT2D eigenvalue weighted by atomic mass is 9.97. The minimum atomic E-state index is -0.491. The molecular weight excluding hydrogens is 333 g/mol. The molecule has 1 fully saturated rings. The lowest BCUT2D eigenvalue weighted by Crippen LogP contribution is -2.45. The monoisotopic (exact) mass is 349 g/mol. The molecule has 1 atom stereocenters. The molecule has 0 saturated carbocycles. The summed E-state index contributed by atoms with van der Waals surface area (Å²) in [6, 6.07) is 5.58. The van der Waals surface area contributed by atoms with Crippen molar-refractivity contribution < 1.29 is 14.0 Å². The molecule has 2 aromatic rings. The summed E-state index contributed by atoms with van der Waals surface area (Å²) in [7, 11) is 0. The zero-order valence-corrected chi connectivity index (χ0v) is 13.6. The Kier molecular flexibility index (Phi) is 4.99. The number of benzene rings is 1. The number of rotatable bonds is 3. The van der Waals surface area contributed by atoms with Crippen molar-refractivity contribution in [3.8, 4) is 0 Å². The molecule has 7 nitrogen and oxygen atoms in total. The molecule has 3 amide bonds. The maximum Gasteiger partial charge on any atom is 0.321 e.